The first-order valence-corrected chi connectivity index (χ1v) is 12.3. The lowest BCUT2D eigenvalue weighted by Crippen LogP contribution is -2.35. The molecule has 188 valence electrons. The molecule has 0 aromatic carbocycles. The van der Waals surface area contributed by atoms with Crippen LogP contribution in [0.5, 0.6) is 0 Å². The van der Waals surface area contributed by atoms with Gasteiger partial charge in [-0.15, -0.1) is 0 Å². The van der Waals surface area contributed by atoms with Crippen molar-refractivity contribution in [2.45, 2.75) is 90.5 Å². The first-order valence-electron chi connectivity index (χ1n) is 12.3. The fourth-order valence-electron chi connectivity index (χ4n) is 5.37. The quantitative estimate of drug-likeness (QED) is 0.557. The predicted octanol–water partition coefficient (Wildman–Crippen LogP) is 6.20. The number of rotatable bonds is 4. The molecule has 3 aliphatic rings. The monoisotopic (exact) mass is 480 g/mol. The highest BCUT2D eigenvalue weighted by molar-refractivity contribution is 5.78. The molecule has 4 heterocycles. The molecule has 3 aliphatic heterocycles. The molecule has 1 fully saturated rings. The molecular formula is C26H35F3N2O3. The first-order chi connectivity index (χ1) is 15.9. The van der Waals surface area contributed by atoms with Crippen molar-refractivity contribution in [1.82, 2.24) is 4.98 Å². The number of alkyl halides is 3. The fraction of sp³-hybridized carbons (Fsp3) is 0.692. The third kappa shape index (κ3) is 4.51. The lowest BCUT2D eigenvalue weighted by Gasteiger charge is -2.35. The van der Waals surface area contributed by atoms with Crippen LogP contribution in [-0.2, 0) is 21.5 Å². The Bertz CT molecular complexity index is 990. The van der Waals surface area contributed by atoms with Gasteiger partial charge in [-0.1, -0.05) is 27.7 Å². The highest BCUT2D eigenvalue weighted by atomic mass is 19.4. The summed E-state index contributed by atoms with van der Waals surface area (Å²) in [7, 11) is 0. The van der Waals surface area contributed by atoms with Crippen LogP contribution in [0, 0.1) is 11.8 Å². The second kappa shape index (κ2) is 9.26. The van der Waals surface area contributed by atoms with Crippen LogP contribution in [0.3, 0.4) is 0 Å². The standard InChI is InChI=1S/C26H35F3N2O3/c1-14(2)12-19-20(16(5)32)22-21(23(31-19)15(3)4)24(34-25(22)8-10-33-11-9-25)18-7-6-17(13-30-18)26(27,28)29/h13-17,32H,6-12H2,1-5H3/b24-18+. The van der Waals surface area contributed by atoms with Crippen LogP contribution >= 0.6 is 0 Å². The molecule has 0 radical (unpaired) electrons. The zero-order chi connectivity index (χ0) is 24.8. The molecule has 1 spiro atoms. The minimum absolute atomic E-state index is 0.0558. The SMILES string of the molecule is CC(C)Cc1nc(C(C)C)c2c(c1C(C)O)C1(CCOCC1)O/C2=C1\CCC(C(F)(F)F)C=N1. The second-order valence-corrected chi connectivity index (χ2v) is 10.5. The number of aliphatic hydroxyl groups is 1. The van der Waals surface area contributed by atoms with Crippen molar-refractivity contribution in [3.05, 3.63) is 33.8 Å². The van der Waals surface area contributed by atoms with E-state index in [-0.39, 0.29) is 18.8 Å². The normalized spacial score (nSPS) is 25.2. The fourth-order valence-corrected chi connectivity index (χ4v) is 5.37. The van der Waals surface area contributed by atoms with Gasteiger partial charge in [0.25, 0.3) is 0 Å². The summed E-state index contributed by atoms with van der Waals surface area (Å²) in [4.78, 5) is 9.32. The molecule has 2 atom stereocenters. The Morgan fingerprint density at radius 3 is 2.32 bits per heavy atom. The number of halogens is 3. The molecule has 4 rings (SSSR count). The molecular weight excluding hydrogens is 445 g/mol. The van der Waals surface area contributed by atoms with Crippen LogP contribution < -0.4 is 0 Å². The van der Waals surface area contributed by atoms with E-state index in [1.165, 1.54) is 0 Å². The molecule has 0 amide bonds. The molecule has 0 bridgehead atoms. The Kier molecular flexibility index (Phi) is 6.86. The summed E-state index contributed by atoms with van der Waals surface area (Å²) in [5.41, 5.74) is 4.11. The summed E-state index contributed by atoms with van der Waals surface area (Å²) in [5, 5.41) is 10.9. The third-order valence-corrected chi connectivity index (χ3v) is 6.97. The van der Waals surface area contributed by atoms with E-state index in [2.05, 4.69) is 32.7 Å². The van der Waals surface area contributed by atoms with E-state index >= 15 is 0 Å². The Labute approximate surface area is 199 Å². The maximum absolute atomic E-state index is 13.2. The highest BCUT2D eigenvalue weighted by Crippen LogP contribution is 2.55. The van der Waals surface area contributed by atoms with Crippen LogP contribution in [0.4, 0.5) is 13.2 Å². The van der Waals surface area contributed by atoms with Gasteiger partial charge in [0.1, 0.15) is 5.60 Å². The Hall–Kier alpha value is -1.93. The van der Waals surface area contributed by atoms with E-state index in [1.54, 1.807) is 6.92 Å². The van der Waals surface area contributed by atoms with E-state index in [0.29, 0.717) is 43.4 Å². The van der Waals surface area contributed by atoms with Gasteiger partial charge in [0.2, 0.25) is 0 Å². The summed E-state index contributed by atoms with van der Waals surface area (Å²) in [5.74, 6) is -0.606. The number of ether oxygens (including phenoxy) is 2. The summed E-state index contributed by atoms with van der Waals surface area (Å²) >= 11 is 0. The Morgan fingerprint density at radius 2 is 1.82 bits per heavy atom. The molecule has 1 saturated heterocycles. The van der Waals surface area contributed by atoms with Crippen LogP contribution in [-0.4, -0.2) is 35.7 Å². The third-order valence-electron chi connectivity index (χ3n) is 6.97. The van der Waals surface area contributed by atoms with Gasteiger partial charge >= 0.3 is 6.18 Å². The smallest absolute Gasteiger partial charge is 0.396 e. The van der Waals surface area contributed by atoms with Crippen molar-refractivity contribution in [1.29, 1.82) is 0 Å². The van der Waals surface area contributed by atoms with E-state index in [4.69, 9.17) is 14.5 Å². The first kappa shape index (κ1) is 25.2. The average molecular weight is 481 g/mol. The second-order valence-electron chi connectivity index (χ2n) is 10.5. The lowest BCUT2D eigenvalue weighted by molar-refractivity contribution is -0.156. The number of aromatic nitrogens is 1. The van der Waals surface area contributed by atoms with Crippen molar-refractivity contribution in [2.24, 2.45) is 16.8 Å². The van der Waals surface area contributed by atoms with Crippen molar-refractivity contribution in [2.75, 3.05) is 13.2 Å². The zero-order valence-corrected chi connectivity index (χ0v) is 20.6. The van der Waals surface area contributed by atoms with Gasteiger partial charge in [-0.05, 0) is 38.0 Å². The van der Waals surface area contributed by atoms with Gasteiger partial charge in [0.15, 0.2) is 5.76 Å². The van der Waals surface area contributed by atoms with E-state index in [0.717, 1.165) is 40.7 Å². The number of aliphatic imine (C=N–C) groups is 1. The summed E-state index contributed by atoms with van der Waals surface area (Å²) in [6.45, 7) is 11.1. The van der Waals surface area contributed by atoms with E-state index in [1.807, 2.05) is 0 Å². The summed E-state index contributed by atoms with van der Waals surface area (Å²) in [6, 6.07) is 0. The number of pyridine rings is 1. The van der Waals surface area contributed by atoms with Gasteiger partial charge in [-0.3, -0.25) is 9.98 Å². The highest BCUT2D eigenvalue weighted by Gasteiger charge is 2.50. The molecule has 1 aromatic heterocycles. The summed E-state index contributed by atoms with van der Waals surface area (Å²) in [6.07, 6.45) is -1.99. The van der Waals surface area contributed by atoms with Gasteiger partial charge in [0.05, 0.1) is 36.6 Å². The zero-order valence-electron chi connectivity index (χ0n) is 20.6. The molecule has 2 unspecified atom stereocenters. The van der Waals surface area contributed by atoms with Crippen LogP contribution in [0.15, 0.2) is 10.7 Å². The number of hydrogen-bond donors (Lipinski definition) is 1. The largest absolute Gasteiger partial charge is 0.480 e. The van der Waals surface area contributed by atoms with Crippen LogP contribution in [0.25, 0.3) is 5.76 Å². The van der Waals surface area contributed by atoms with Gasteiger partial charge in [0, 0.05) is 41.4 Å². The van der Waals surface area contributed by atoms with Gasteiger partial charge < -0.3 is 14.6 Å². The molecule has 8 heteroatoms. The number of aliphatic hydroxyl groups excluding tert-OH is 1. The molecule has 1 aromatic rings. The topological polar surface area (TPSA) is 63.9 Å². The molecule has 5 nitrogen and oxygen atoms in total. The van der Waals surface area contributed by atoms with Crippen LogP contribution in [0.1, 0.15) is 100 Å². The minimum atomic E-state index is -4.30. The Balaban J connectivity index is 1.99. The van der Waals surface area contributed by atoms with Gasteiger partial charge in [-0.25, -0.2) is 0 Å². The average Bonchev–Trinajstić information content (AvgIpc) is 3.06. The van der Waals surface area contributed by atoms with Gasteiger partial charge in [-0.2, -0.15) is 13.2 Å². The number of hydrogen-bond acceptors (Lipinski definition) is 5. The number of allylic oxidation sites excluding steroid dienone is 1. The van der Waals surface area contributed by atoms with Crippen molar-refractivity contribution in [3.63, 3.8) is 0 Å². The molecule has 0 saturated carbocycles. The minimum Gasteiger partial charge on any atom is -0.480 e. The molecule has 1 N–H and O–H groups in total. The molecule has 0 aliphatic carbocycles. The van der Waals surface area contributed by atoms with Crippen molar-refractivity contribution >= 4 is 12.0 Å². The number of nitrogens with zero attached hydrogens (tertiary/aromatic N) is 2. The number of fused-ring (bicyclic) bond motifs is 2. The van der Waals surface area contributed by atoms with Crippen LogP contribution in [0.2, 0.25) is 0 Å². The maximum atomic E-state index is 13.2. The predicted molar refractivity (Wildman–Crippen MR) is 125 cm³/mol. The Morgan fingerprint density at radius 1 is 1.15 bits per heavy atom. The van der Waals surface area contributed by atoms with Crippen molar-refractivity contribution < 1.29 is 27.8 Å². The van der Waals surface area contributed by atoms with Crippen molar-refractivity contribution in [3.8, 4) is 0 Å². The summed E-state index contributed by atoms with van der Waals surface area (Å²) < 4.78 is 52.1. The van der Waals surface area contributed by atoms with E-state index < -0.39 is 23.8 Å². The maximum Gasteiger partial charge on any atom is 0.396 e. The van der Waals surface area contributed by atoms with E-state index in [9.17, 15) is 18.3 Å². The lowest BCUT2D eigenvalue weighted by atomic mass is 9.78. The molecule has 34 heavy (non-hydrogen) atoms.